The summed E-state index contributed by atoms with van der Waals surface area (Å²) >= 11 is 0. The first kappa shape index (κ1) is 13.7. The van der Waals surface area contributed by atoms with Gasteiger partial charge in [-0.2, -0.15) is 0 Å². The first-order valence-electron chi connectivity index (χ1n) is 5.90. The number of hydrogen-bond donors (Lipinski definition) is 3. The van der Waals surface area contributed by atoms with Gasteiger partial charge in [-0.25, -0.2) is 4.79 Å². The fourth-order valence-corrected chi connectivity index (χ4v) is 1.93. The number of amides is 2. The highest BCUT2D eigenvalue weighted by molar-refractivity contribution is 6.08. The molecule has 20 heavy (non-hydrogen) atoms. The van der Waals surface area contributed by atoms with E-state index >= 15 is 0 Å². The van der Waals surface area contributed by atoms with Crippen LogP contribution in [0.15, 0.2) is 30.3 Å². The zero-order valence-corrected chi connectivity index (χ0v) is 11.1. The number of fused-ring (bicyclic) bond motifs is 1. The number of ether oxygens (including phenoxy) is 1. The van der Waals surface area contributed by atoms with E-state index in [1.165, 1.54) is 20.2 Å². The van der Waals surface area contributed by atoms with Crippen molar-refractivity contribution in [3.05, 3.63) is 35.9 Å². The maximum absolute atomic E-state index is 11.6. The molecular weight excluding hydrogens is 260 g/mol. The highest BCUT2D eigenvalue weighted by Crippen LogP contribution is 2.33. The van der Waals surface area contributed by atoms with E-state index in [1.807, 2.05) is 0 Å². The second-order valence-electron chi connectivity index (χ2n) is 4.06. The van der Waals surface area contributed by atoms with Gasteiger partial charge in [-0.15, -0.1) is 0 Å². The van der Waals surface area contributed by atoms with Crippen LogP contribution in [0.4, 0.5) is 10.5 Å². The van der Waals surface area contributed by atoms with E-state index in [4.69, 9.17) is 0 Å². The number of hydrogen-bond acceptors (Lipinski definition) is 4. The van der Waals surface area contributed by atoms with Gasteiger partial charge in [0.2, 0.25) is 0 Å². The minimum Gasteiger partial charge on any atom is -0.506 e. The van der Waals surface area contributed by atoms with Gasteiger partial charge in [0.05, 0.1) is 18.4 Å². The topological polar surface area (TPSA) is 87.7 Å². The second-order valence-corrected chi connectivity index (χ2v) is 4.06. The molecule has 0 saturated heterocycles. The molecule has 6 heteroatoms. The number of rotatable bonds is 2. The zero-order chi connectivity index (χ0) is 14.7. The standard InChI is InChI=1S/C14H14N2O4/c1-15-13(18)10-7-6-8-9(12(10)17)4-3-5-11(8)16-14(19)20-2/h3-7,17H,1-2H3,(H,15,18)(H,16,19). The largest absolute Gasteiger partial charge is 0.506 e. The van der Waals surface area contributed by atoms with E-state index in [-0.39, 0.29) is 17.2 Å². The summed E-state index contributed by atoms with van der Waals surface area (Å²) in [6.07, 6.45) is -0.604. The third kappa shape index (κ3) is 2.35. The van der Waals surface area contributed by atoms with Gasteiger partial charge >= 0.3 is 6.09 Å². The summed E-state index contributed by atoms with van der Waals surface area (Å²) in [6.45, 7) is 0. The Hall–Kier alpha value is -2.76. The molecule has 0 spiro atoms. The summed E-state index contributed by atoms with van der Waals surface area (Å²) in [5, 5.41) is 16.3. The molecule has 3 N–H and O–H groups in total. The molecule has 0 unspecified atom stereocenters. The van der Waals surface area contributed by atoms with Crippen molar-refractivity contribution in [2.75, 3.05) is 19.5 Å². The van der Waals surface area contributed by atoms with Crippen LogP contribution in [0.5, 0.6) is 5.75 Å². The molecule has 0 heterocycles. The summed E-state index contributed by atoms with van der Waals surface area (Å²) in [6, 6.07) is 8.17. The van der Waals surface area contributed by atoms with Gasteiger partial charge in [0, 0.05) is 17.8 Å². The van der Waals surface area contributed by atoms with E-state index in [0.717, 1.165) is 0 Å². The summed E-state index contributed by atoms with van der Waals surface area (Å²) in [5.41, 5.74) is 0.670. The molecule has 0 aromatic heterocycles. The average Bonchev–Trinajstić information content (AvgIpc) is 2.47. The minimum absolute atomic E-state index is 0.129. The maximum atomic E-state index is 11.6. The molecule has 0 aliphatic carbocycles. The maximum Gasteiger partial charge on any atom is 0.411 e. The average molecular weight is 274 g/mol. The van der Waals surface area contributed by atoms with Crippen LogP contribution in [0.25, 0.3) is 10.8 Å². The van der Waals surface area contributed by atoms with Gasteiger partial charge in [-0.3, -0.25) is 10.1 Å². The Balaban J connectivity index is 2.58. The van der Waals surface area contributed by atoms with E-state index < -0.39 is 6.09 Å². The molecule has 104 valence electrons. The van der Waals surface area contributed by atoms with E-state index in [9.17, 15) is 14.7 Å². The predicted molar refractivity (Wildman–Crippen MR) is 75.0 cm³/mol. The number of carbonyl (C=O) groups is 2. The number of phenols is 1. The molecule has 0 saturated carbocycles. The molecule has 2 aromatic rings. The fraction of sp³-hybridized carbons (Fsp3) is 0.143. The predicted octanol–water partition coefficient (Wildman–Crippen LogP) is 2.08. The molecule has 0 aliphatic heterocycles. The lowest BCUT2D eigenvalue weighted by molar-refractivity contribution is 0.0960. The molecule has 0 atom stereocenters. The lowest BCUT2D eigenvalue weighted by Crippen LogP contribution is -2.18. The van der Waals surface area contributed by atoms with Crippen LogP contribution in [-0.4, -0.2) is 31.3 Å². The number of carbonyl (C=O) groups excluding carboxylic acids is 2. The van der Waals surface area contributed by atoms with Crippen molar-refractivity contribution in [1.29, 1.82) is 0 Å². The fourth-order valence-electron chi connectivity index (χ4n) is 1.93. The lowest BCUT2D eigenvalue weighted by atomic mass is 10.0. The lowest BCUT2D eigenvalue weighted by Gasteiger charge is -2.11. The molecule has 0 bridgehead atoms. The molecule has 2 aromatic carbocycles. The highest BCUT2D eigenvalue weighted by atomic mass is 16.5. The quantitative estimate of drug-likeness (QED) is 0.782. The Bertz CT molecular complexity index is 682. The van der Waals surface area contributed by atoms with Gasteiger partial charge in [-0.05, 0) is 12.1 Å². The highest BCUT2D eigenvalue weighted by Gasteiger charge is 2.14. The van der Waals surface area contributed by atoms with Crippen LogP contribution < -0.4 is 10.6 Å². The number of phenolic OH excluding ortho intramolecular Hbond substituents is 1. The third-order valence-corrected chi connectivity index (χ3v) is 2.93. The Morgan fingerprint density at radius 3 is 2.55 bits per heavy atom. The Morgan fingerprint density at radius 1 is 1.15 bits per heavy atom. The van der Waals surface area contributed by atoms with Crippen LogP contribution >= 0.6 is 0 Å². The molecule has 6 nitrogen and oxygen atoms in total. The third-order valence-electron chi connectivity index (χ3n) is 2.93. The van der Waals surface area contributed by atoms with Crippen molar-refractivity contribution >= 4 is 28.5 Å². The number of methoxy groups -OCH3 is 1. The van der Waals surface area contributed by atoms with Crippen molar-refractivity contribution in [2.45, 2.75) is 0 Å². The van der Waals surface area contributed by atoms with Crippen molar-refractivity contribution in [1.82, 2.24) is 5.32 Å². The summed E-state index contributed by atoms with van der Waals surface area (Å²) in [4.78, 5) is 22.9. The molecule has 0 fully saturated rings. The first-order valence-corrected chi connectivity index (χ1v) is 5.90. The summed E-state index contributed by atoms with van der Waals surface area (Å²) < 4.78 is 4.54. The van der Waals surface area contributed by atoms with Crippen LogP contribution in [0.3, 0.4) is 0 Å². The SMILES string of the molecule is CNC(=O)c1ccc2c(NC(=O)OC)cccc2c1O. The van der Waals surface area contributed by atoms with E-state index in [1.54, 1.807) is 24.3 Å². The normalized spacial score (nSPS) is 10.1. The number of anilines is 1. The van der Waals surface area contributed by atoms with Crippen molar-refractivity contribution in [3.8, 4) is 5.75 Å². The molecule has 2 rings (SSSR count). The summed E-state index contributed by atoms with van der Waals surface area (Å²) in [5.74, 6) is -0.508. The van der Waals surface area contributed by atoms with E-state index in [2.05, 4.69) is 15.4 Å². The van der Waals surface area contributed by atoms with Crippen LogP contribution in [-0.2, 0) is 4.74 Å². The molecule has 0 aliphatic rings. The Morgan fingerprint density at radius 2 is 1.90 bits per heavy atom. The Labute approximate surface area is 115 Å². The first-order chi connectivity index (χ1) is 9.58. The smallest absolute Gasteiger partial charge is 0.411 e. The minimum atomic E-state index is -0.604. The number of nitrogens with one attached hydrogen (secondary N) is 2. The second kappa shape index (κ2) is 5.48. The van der Waals surface area contributed by atoms with E-state index in [0.29, 0.717) is 16.5 Å². The molecule has 0 radical (unpaired) electrons. The van der Waals surface area contributed by atoms with Crippen molar-refractivity contribution in [2.24, 2.45) is 0 Å². The van der Waals surface area contributed by atoms with Crippen LogP contribution in [0.2, 0.25) is 0 Å². The van der Waals surface area contributed by atoms with Crippen molar-refractivity contribution in [3.63, 3.8) is 0 Å². The number of benzene rings is 2. The van der Waals surface area contributed by atoms with Gasteiger partial charge in [0.25, 0.3) is 5.91 Å². The molecular formula is C14H14N2O4. The van der Waals surface area contributed by atoms with Crippen molar-refractivity contribution < 1.29 is 19.4 Å². The van der Waals surface area contributed by atoms with Crippen LogP contribution in [0, 0.1) is 0 Å². The van der Waals surface area contributed by atoms with Gasteiger partial charge in [0.1, 0.15) is 5.75 Å². The Kier molecular flexibility index (Phi) is 3.74. The molecule has 2 amide bonds. The van der Waals surface area contributed by atoms with Crippen LogP contribution in [0.1, 0.15) is 10.4 Å². The number of aromatic hydroxyl groups is 1. The monoisotopic (exact) mass is 274 g/mol. The van der Waals surface area contributed by atoms with Gasteiger partial charge < -0.3 is 15.2 Å². The van der Waals surface area contributed by atoms with Gasteiger partial charge in [0.15, 0.2) is 0 Å². The van der Waals surface area contributed by atoms with Gasteiger partial charge in [-0.1, -0.05) is 18.2 Å². The summed E-state index contributed by atoms with van der Waals surface area (Å²) in [7, 11) is 2.75. The zero-order valence-electron chi connectivity index (χ0n) is 11.1.